The van der Waals surface area contributed by atoms with Crippen molar-refractivity contribution >= 4 is 0 Å². The van der Waals surface area contributed by atoms with Crippen LogP contribution in [-0.2, 0) is 48.7 Å². The van der Waals surface area contributed by atoms with Crippen LogP contribution in [0.15, 0.2) is 12.1 Å². The molecular weight excluding hydrogens is 565 g/mol. The Bertz CT molecular complexity index is 1410. The van der Waals surface area contributed by atoms with Gasteiger partial charge in [0.15, 0.2) is 0 Å². The van der Waals surface area contributed by atoms with Gasteiger partial charge in [0.2, 0.25) is 0 Å². The van der Waals surface area contributed by atoms with Crippen molar-refractivity contribution < 1.29 is 0 Å². The smallest absolute Gasteiger partial charge is 0.0155 e. The van der Waals surface area contributed by atoms with Crippen LogP contribution >= 0.6 is 0 Å². The first-order chi connectivity index (χ1) is 20.2. The van der Waals surface area contributed by atoms with E-state index in [4.69, 9.17) is 0 Å². The Balaban J connectivity index is 3.73. The SMILES string of the molecule is CC(C)(C)c1cc(C(C)(C)C)c(C(C)(C)c2c(C(C)(C)C)c(C(C)(C)C)c(C(C)(C)C)c(C(C)(C)C)c2C(C)(C)C)cc1C(C)(C)C. The molecule has 0 spiro atoms. The van der Waals surface area contributed by atoms with Gasteiger partial charge < -0.3 is 0 Å². The van der Waals surface area contributed by atoms with Gasteiger partial charge in [-0.3, -0.25) is 0 Å². The van der Waals surface area contributed by atoms with Crippen LogP contribution in [0.2, 0.25) is 0 Å². The minimum Gasteiger partial charge on any atom is -0.0561 e. The van der Waals surface area contributed by atoms with Gasteiger partial charge in [-0.1, -0.05) is 192 Å². The molecule has 0 saturated carbocycles. The third-order valence-electron chi connectivity index (χ3n) is 10.1. The first kappa shape index (κ1) is 41.6. The van der Waals surface area contributed by atoms with Crippen molar-refractivity contribution in [3.8, 4) is 0 Å². The normalized spacial score (nSPS) is 15.0. The highest BCUT2D eigenvalue weighted by Gasteiger charge is 2.47. The summed E-state index contributed by atoms with van der Waals surface area (Å²) in [6, 6.07) is 5.27. The van der Waals surface area contributed by atoms with Crippen LogP contribution in [0.5, 0.6) is 0 Å². The summed E-state index contributed by atoms with van der Waals surface area (Å²) in [6.45, 7) is 63.7. The predicted molar refractivity (Wildman–Crippen MR) is 215 cm³/mol. The molecule has 0 heteroatoms. The maximum absolute atomic E-state index is 2.66. The molecule has 0 nitrogen and oxygen atoms in total. The van der Waals surface area contributed by atoms with Crippen LogP contribution in [0.4, 0.5) is 0 Å². The molecule has 0 saturated heterocycles. The van der Waals surface area contributed by atoms with E-state index >= 15 is 0 Å². The molecule has 0 atom stereocenters. The van der Waals surface area contributed by atoms with Gasteiger partial charge in [-0.05, 0) is 99.0 Å². The molecule has 0 aliphatic rings. The summed E-state index contributed by atoms with van der Waals surface area (Å²) in [7, 11) is 0. The largest absolute Gasteiger partial charge is 0.0561 e. The Morgan fingerprint density at radius 1 is 0.213 bits per heavy atom. The minimum atomic E-state index is -0.263. The van der Waals surface area contributed by atoms with Crippen molar-refractivity contribution in [2.75, 3.05) is 0 Å². The summed E-state index contributed by atoms with van der Waals surface area (Å²) < 4.78 is 0. The number of hydrogen-bond acceptors (Lipinski definition) is 0. The topological polar surface area (TPSA) is 0 Å². The fourth-order valence-electron chi connectivity index (χ4n) is 8.24. The molecule has 0 bridgehead atoms. The van der Waals surface area contributed by atoms with Gasteiger partial charge in [0.1, 0.15) is 0 Å². The van der Waals surface area contributed by atoms with E-state index in [1.165, 1.54) is 22.3 Å². The summed E-state index contributed by atoms with van der Waals surface area (Å²) in [4.78, 5) is 0. The zero-order valence-electron chi connectivity index (χ0n) is 36.7. The lowest BCUT2D eigenvalue weighted by atomic mass is 9.55. The van der Waals surface area contributed by atoms with E-state index in [9.17, 15) is 0 Å². The monoisotopic (exact) mass is 645 g/mol. The average molecular weight is 645 g/mol. The lowest BCUT2D eigenvalue weighted by Crippen LogP contribution is -2.41. The summed E-state index contributed by atoms with van der Waals surface area (Å²) >= 11 is 0. The van der Waals surface area contributed by atoms with Gasteiger partial charge in [-0.25, -0.2) is 0 Å². The van der Waals surface area contributed by atoms with Crippen LogP contribution < -0.4 is 0 Å². The highest BCUT2D eigenvalue weighted by Crippen LogP contribution is 2.56. The molecule has 0 aliphatic heterocycles. The van der Waals surface area contributed by atoms with Gasteiger partial charge in [-0.15, -0.1) is 0 Å². The zero-order valence-corrected chi connectivity index (χ0v) is 36.7. The lowest BCUT2D eigenvalue weighted by molar-refractivity contribution is 0.437. The van der Waals surface area contributed by atoms with Gasteiger partial charge >= 0.3 is 0 Å². The predicted octanol–water partition coefficient (Wildman–Crippen LogP) is 14.4. The molecule has 2 aromatic carbocycles. The molecule has 268 valence electrons. The van der Waals surface area contributed by atoms with Gasteiger partial charge in [0, 0.05) is 5.41 Å². The molecular formula is C47H80. The molecule has 2 rings (SSSR count). The molecule has 0 aromatic heterocycles. The van der Waals surface area contributed by atoms with Crippen molar-refractivity contribution in [1.82, 2.24) is 0 Å². The van der Waals surface area contributed by atoms with E-state index < -0.39 is 0 Å². The second kappa shape index (κ2) is 11.8. The molecule has 0 heterocycles. The Morgan fingerprint density at radius 2 is 0.383 bits per heavy atom. The molecule has 0 radical (unpaired) electrons. The Kier molecular flexibility index (Phi) is 10.4. The standard InChI is InChI=1S/C47H80/c1-39(2,3)29-27-31(41(7,8)9)32(28-30(29)40(4,5)6)47(25,26)38-36(45(19,20)21)34(43(13,14)15)33(42(10,11)12)35(44(16,17)18)37(38)46(22,23)24/h27-28H,1-26H3. The van der Waals surface area contributed by atoms with Crippen LogP contribution in [0.3, 0.4) is 0 Å². The summed E-state index contributed by atoms with van der Waals surface area (Å²) in [6.07, 6.45) is 0. The average Bonchev–Trinajstić information content (AvgIpc) is 2.76. The third kappa shape index (κ3) is 8.26. The first-order valence-electron chi connectivity index (χ1n) is 18.7. The molecule has 0 amide bonds. The van der Waals surface area contributed by atoms with E-state index in [0.717, 1.165) is 0 Å². The van der Waals surface area contributed by atoms with E-state index in [1.807, 2.05) is 0 Å². The maximum atomic E-state index is 2.66. The van der Waals surface area contributed by atoms with Gasteiger partial charge in [-0.2, -0.15) is 0 Å². The van der Waals surface area contributed by atoms with Gasteiger partial charge in [0.25, 0.3) is 0 Å². The fraction of sp³-hybridized carbons (Fsp3) is 0.745. The van der Waals surface area contributed by atoms with Crippen molar-refractivity contribution in [2.24, 2.45) is 0 Å². The number of rotatable bonds is 2. The van der Waals surface area contributed by atoms with Crippen molar-refractivity contribution in [3.63, 3.8) is 0 Å². The molecule has 0 unspecified atom stereocenters. The zero-order chi connectivity index (χ0) is 37.7. The maximum Gasteiger partial charge on any atom is 0.0155 e. The van der Waals surface area contributed by atoms with Gasteiger partial charge in [0.05, 0.1) is 0 Å². The third-order valence-corrected chi connectivity index (χ3v) is 10.1. The highest BCUT2D eigenvalue weighted by atomic mass is 14.5. The van der Waals surface area contributed by atoms with Crippen molar-refractivity contribution in [3.05, 3.63) is 67.8 Å². The molecule has 0 aliphatic carbocycles. The fourth-order valence-corrected chi connectivity index (χ4v) is 8.24. The molecule has 0 N–H and O–H groups in total. The quantitative estimate of drug-likeness (QED) is 0.305. The molecule has 2 aromatic rings. The highest BCUT2D eigenvalue weighted by molar-refractivity contribution is 5.67. The lowest BCUT2D eigenvalue weighted by Gasteiger charge is -2.49. The number of hydrogen-bond donors (Lipinski definition) is 0. The minimum absolute atomic E-state index is 0.0156. The summed E-state index contributed by atoms with van der Waals surface area (Å²) in [5.74, 6) is 0. The first-order valence-corrected chi connectivity index (χ1v) is 18.7. The Morgan fingerprint density at radius 3 is 0.574 bits per heavy atom. The second-order valence-electron chi connectivity index (χ2n) is 23.8. The Labute approximate surface area is 295 Å². The van der Waals surface area contributed by atoms with Crippen LogP contribution in [0.25, 0.3) is 0 Å². The van der Waals surface area contributed by atoms with Crippen molar-refractivity contribution in [2.45, 2.75) is 229 Å². The van der Waals surface area contributed by atoms with E-state index in [0.29, 0.717) is 0 Å². The van der Waals surface area contributed by atoms with E-state index in [1.54, 1.807) is 33.4 Å². The molecule has 47 heavy (non-hydrogen) atoms. The number of benzene rings is 2. The van der Waals surface area contributed by atoms with Crippen molar-refractivity contribution in [1.29, 1.82) is 0 Å². The summed E-state index contributed by atoms with van der Waals surface area (Å²) in [5, 5.41) is 0. The Hall–Kier alpha value is -1.56. The van der Waals surface area contributed by atoms with Crippen LogP contribution in [0, 0.1) is 0 Å². The van der Waals surface area contributed by atoms with Crippen LogP contribution in [0.1, 0.15) is 236 Å². The molecule has 0 fully saturated rings. The van der Waals surface area contributed by atoms with E-state index in [-0.39, 0.29) is 48.7 Å². The van der Waals surface area contributed by atoms with E-state index in [2.05, 4.69) is 192 Å². The van der Waals surface area contributed by atoms with Crippen LogP contribution in [-0.4, -0.2) is 0 Å². The summed E-state index contributed by atoms with van der Waals surface area (Å²) in [5.41, 5.74) is 14.9. The second-order valence-corrected chi connectivity index (χ2v) is 23.8.